The number of allylic oxidation sites excluding steroid dienone is 3. The zero-order valence-corrected chi connectivity index (χ0v) is 26.1. The van der Waals surface area contributed by atoms with Gasteiger partial charge in [-0.15, -0.1) is 0 Å². The molecule has 0 spiro atoms. The Labute approximate surface area is 255 Å². The van der Waals surface area contributed by atoms with Gasteiger partial charge in [-0.05, 0) is 50.0 Å². The summed E-state index contributed by atoms with van der Waals surface area (Å²) in [5.41, 5.74) is 3.11. The van der Waals surface area contributed by atoms with Crippen molar-refractivity contribution in [3.8, 4) is 0 Å². The van der Waals surface area contributed by atoms with Gasteiger partial charge >= 0.3 is 0 Å². The van der Waals surface area contributed by atoms with Crippen molar-refractivity contribution in [3.63, 3.8) is 0 Å². The molecule has 3 unspecified atom stereocenters. The van der Waals surface area contributed by atoms with E-state index in [0.29, 0.717) is 12.2 Å². The first-order valence-corrected chi connectivity index (χ1v) is 15.5. The van der Waals surface area contributed by atoms with Crippen molar-refractivity contribution >= 4 is 5.91 Å². The predicted molar refractivity (Wildman–Crippen MR) is 160 cm³/mol. The SMILES string of the molecule is C=C/C=C(\C)C(=O)NC[C@H]1O[C@H](O[C@@H]2C3=C([C@H](C)CO)CC[C@]3(C)/C=C3/[C@@H](COC)CC[C@H]3[C@@H](C)[C@H]2O)C(O)C(O)C1O. The molecule has 0 bridgehead atoms. The molecule has 0 aromatic heterocycles. The summed E-state index contributed by atoms with van der Waals surface area (Å²) in [4.78, 5) is 12.4. The molecular weight excluding hydrogens is 554 g/mol. The normalized spacial score (nSPS) is 41.9. The first-order chi connectivity index (χ1) is 20.4. The van der Waals surface area contributed by atoms with Crippen LogP contribution >= 0.6 is 0 Å². The maximum absolute atomic E-state index is 12.4. The monoisotopic (exact) mass is 605 g/mol. The third-order valence-corrected chi connectivity index (χ3v) is 10.2. The number of hydrogen-bond acceptors (Lipinski definition) is 9. The third-order valence-electron chi connectivity index (χ3n) is 10.2. The maximum Gasteiger partial charge on any atom is 0.247 e. The minimum absolute atomic E-state index is 0.0618. The fourth-order valence-electron chi connectivity index (χ4n) is 7.63. The van der Waals surface area contributed by atoms with Gasteiger partial charge in [-0.3, -0.25) is 4.79 Å². The van der Waals surface area contributed by atoms with Gasteiger partial charge in [0.2, 0.25) is 5.91 Å². The first-order valence-electron chi connectivity index (χ1n) is 15.5. The van der Waals surface area contributed by atoms with Crippen LogP contribution in [0.3, 0.4) is 0 Å². The Hall–Kier alpha value is -1.89. The van der Waals surface area contributed by atoms with Crippen LogP contribution < -0.4 is 5.32 Å². The fraction of sp³-hybridized carbons (Fsp3) is 0.727. The number of carbonyl (C=O) groups is 1. The second kappa shape index (κ2) is 14.0. The van der Waals surface area contributed by atoms with Gasteiger partial charge in [0, 0.05) is 43.1 Å². The molecule has 4 rings (SSSR count). The summed E-state index contributed by atoms with van der Waals surface area (Å²) in [5.74, 6) is -0.373. The molecule has 0 aromatic carbocycles. The lowest BCUT2D eigenvalue weighted by Crippen LogP contribution is -2.62. The average molecular weight is 606 g/mol. The molecule has 0 radical (unpaired) electrons. The van der Waals surface area contributed by atoms with E-state index in [9.17, 15) is 30.3 Å². The van der Waals surface area contributed by atoms with Crippen molar-refractivity contribution in [1.82, 2.24) is 5.32 Å². The van der Waals surface area contributed by atoms with Crippen LogP contribution in [0.25, 0.3) is 0 Å². The highest BCUT2D eigenvalue weighted by molar-refractivity contribution is 5.93. The van der Waals surface area contributed by atoms with E-state index >= 15 is 0 Å². The van der Waals surface area contributed by atoms with E-state index in [1.54, 1.807) is 20.1 Å². The smallest absolute Gasteiger partial charge is 0.247 e. The topological polar surface area (TPSA) is 158 Å². The highest BCUT2D eigenvalue weighted by Gasteiger charge is 2.52. The zero-order chi connectivity index (χ0) is 31.6. The number of rotatable bonds is 10. The molecule has 3 aliphatic carbocycles. The Balaban J connectivity index is 1.69. The van der Waals surface area contributed by atoms with E-state index in [1.807, 2.05) is 13.8 Å². The van der Waals surface area contributed by atoms with E-state index in [0.717, 1.165) is 36.8 Å². The highest BCUT2D eigenvalue weighted by Crippen LogP contribution is 2.55. The standard InChI is InChI=1S/C33H51NO9/c1-7-8-17(2)31(40)34-14-24-27(37)28(38)29(39)32(42-24)43-30-25-21(18(3)15-35)11-12-33(25,5)13-23-20(16-41-6)9-10-22(23)19(4)26(30)36/h7-8,13,18-20,22,24,26-30,32,35-39H,1,9-12,14-16H2,2-6H3,(H,34,40)/b17-8+,23-13-/t18-,19-,20-,22+,24-,26-,27?,28?,29?,30-,32-,33-/m1/s1. The van der Waals surface area contributed by atoms with E-state index in [1.165, 1.54) is 11.6 Å². The largest absolute Gasteiger partial charge is 0.396 e. The summed E-state index contributed by atoms with van der Waals surface area (Å²) in [7, 11) is 1.71. The van der Waals surface area contributed by atoms with Crippen LogP contribution in [0.4, 0.5) is 0 Å². The third kappa shape index (κ3) is 6.72. The molecule has 1 heterocycles. The number of hydrogen-bond donors (Lipinski definition) is 6. The zero-order valence-electron chi connectivity index (χ0n) is 26.1. The van der Waals surface area contributed by atoms with Crippen molar-refractivity contribution in [3.05, 3.63) is 47.1 Å². The lowest BCUT2D eigenvalue weighted by molar-refractivity contribution is -0.310. The Bertz CT molecular complexity index is 1120. The quantitative estimate of drug-likeness (QED) is 0.124. The van der Waals surface area contributed by atoms with E-state index < -0.39 is 54.2 Å². The van der Waals surface area contributed by atoms with Gasteiger partial charge in [-0.25, -0.2) is 0 Å². The molecule has 242 valence electrons. The summed E-state index contributed by atoms with van der Waals surface area (Å²) in [6, 6.07) is 0. The summed E-state index contributed by atoms with van der Waals surface area (Å²) >= 11 is 0. The molecule has 10 heteroatoms. The Kier molecular flexibility index (Phi) is 11.1. The molecule has 4 aliphatic rings. The number of fused-ring (bicyclic) bond motifs is 2. The molecule has 1 saturated carbocycles. The molecule has 2 fully saturated rings. The van der Waals surface area contributed by atoms with Crippen molar-refractivity contribution in [1.29, 1.82) is 0 Å². The number of amides is 1. The van der Waals surface area contributed by atoms with Crippen LogP contribution in [0.15, 0.2) is 47.1 Å². The molecule has 1 aliphatic heterocycles. The maximum atomic E-state index is 12.4. The summed E-state index contributed by atoms with van der Waals surface area (Å²) in [6.07, 6.45) is -0.294. The first kappa shape index (κ1) is 34.0. The van der Waals surface area contributed by atoms with Crippen molar-refractivity contribution in [2.45, 2.75) is 96.3 Å². The number of ether oxygens (including phenoxy) is 3. The molecule has 1 amide bonds. The molecule has 1 saturated heterocycles. The van der Waals surface area contributed by atoms with Crippen molar-refractivity contribution in [2.24, 2.45) is 29.1 Å². The molecule has 6 N–H and O–H groups in total. The van der Waals surface area contributed by atoms with Gasteiger partial charge in [0.05, 0.1) is 12.7 Å². The number of nitrogens with one attached hydrogen (secondary N) is 1. The highest BCUT2D eigenvalue weighted by atomic mass is 16.7. The number of aliphatic hydroxyl groups excluding tert-OH is 5. The van der Waals surface area contributed by atoms with Gasteiger partial charge in [0.25, 0.3) is 0 Å². The van der Waals surface area contributed by atoms with E-state index in [-0.39, 0.29) is 36.8 Å². The number of aliphatic hydroxyl groups is 5. The second-order valence-electron chi connectivity index (χ2n) is 13.1. The predicted octanol–water partition coefficient (Wildman–Crippen LogP) is 1.76. The van der Waals surface area contributed by atoms with Gasteiger partial charge < -0.3 is 45.1 Å². The van der Waals surface area contributed by atoms with Gasteiger partial charge in [0.1, 0.15) is 30.5 Å². The molecule has 12 atom stereocenters. The van der Waals surface area contributed by atoms with Crippen LogP contribution in [0.2, 0.25) is 0 Å². The van der Waals surface area contributed by atoms with Gasteiger partial charge in [0.15, 0.2) is 6.29 Å². The number of carbonyl (C=O) groups excluding carboxylic acids is 1. The van der Waals surface area contributed by atoms with Gasteiger partial charge in [-0.2, -0.15) is 0 Å². The fourth-order valence-corrected chi connectivity index (χ4v) is 7.63. The Morgan fingerprint density at radius 2 is 1.93 bits per heavy atom. The second-order valence-corrected chi connectivity index (χ2v) is 13.1. The summed E-state index contributed by atoms with van der Waals surface area (Å²) in [5, 5.41) is 57.4. The van der Waals surface area contributed by atoms with Crippen LogP contribution in [-0.4, -0.2) is 101 Å². The van der Waals surface area contributed by atoms with E-state index in [2.05, 4.69) is 24.9 Å². The van der Waals surface area contributed by atoms with E-state index in [4.69, 9.17) is 14.2 Å². The van der Waals surface area contributed by atoms with Crippen LogP contribution in [-0.2, 0) is 19.0 Å². The van der Waals surface area contributed by atoms with Crippen molar-refractivity contribution in [2.75, 3.05) is 26.9 Å². The average Bonchev–Trinajstić information content (AvgIpc) is 3.53. The molecule has 0 aromatic rings. The number of methoxy groups -OCH3 is 1. The lowest BCUT2D eigenvalue weighted by atomic mass is 9.68. The lowest BCUT2D eigenvalue weighted by Gasteiger charge is -2.46. The van der Waals surface area contributed by atoms with Crippen LogP contribution in [0, 0.1) is 29.1 Å². The molecule has 43 heavy (non-hydrogen) atoms. The summed E-state index contributed by atoms with van der Waals surface area (Å²) < 4.78 is 18.1. The van der Waals surface area contributed by atoms with Crippen LogP contribution in [0.5, 0.6) is 0 Å². The molecule has 10 nitrogen and oxygen atoms in total. The van der Waals surface area contributed by atoms with Crippen LogP contribution in [0.1, 0.15) is 53.4 Å². The minimum atomic E-state index is -1.61. The molecular formula is C33H51NO9. The Morgan fingerprint density at radius 1 is 1.21 bits per heavy atom. The van der Waals surface area contributed by atoms with Crippen molar-refractivity contribution < 1.29 is 44.5 Å². The Morgan fingerprint density at radius 3 is 2.58 bits per heavy atom. The summed E-state index contributed by atoms with van der Waals surface area (Å²) in [6.45, 7) is 11.7. The minimum Gasteiger partial charge on any atom is -0.396 e. The van der Waals surface area contributed by atoms with Gasteiger partial charge in [-0.1, -0.05) is 56.7 Å².